The van der Waals surface area contributed by atoms with Gasteiger partial charge in [-0.2, -0.15) is 0 Å². The van der Waals surface area contributed by atoms with Crippen molar-refractivity contribution in [2.75, 3.05) is 5.75 Å². The van der Waals surface area contributed by atoms with Gasteiger partial charge in [0.15, 0.2) is 5.44 Å². The first-order valence-corrected chi connectivity index (χ1v) is 9.05. The molecular weight excluding hydrogens is 336 g/mol. The van der Waals surface area contributed by atoms with Crippen LogP contribution in [0.3, 0.4) is 0 Å². The molecule has 1 saturated heterocycles. The fourth-order valence-electron chi connectivity index (χ4n) is 2.37. The van der Waals surface area contributed by atoms with Crippen LogP contribution in [0.15, 0.2) is 18.3 Å². The molecule has 0 bridgehead atoms. The standard InChI is InChI=1S/C15H18N2O4S2/c1-7-14(23-8(2)17-7)10-4-3-9(5-16-10)21-15-13(20)12(19)11(18)6-22-15/h3-5,11-13,15,18-20H,6H2,1-2H3/t11-,12+,13-,15+/m1/s1. The molecule has 3 rings (SSSR count). The molecule has 2 aromatic heterocycles. The van der Waals surface area contributed by atoms with Gasteiger partial charge in [0.1, 0.15) is 18.0 Å². The second-order valence-corrected chi connectivity index (χ2v) is 7.73. The van der Waals surface area contributed by atoms with Gasteiger partial charge in [-0.3, -0.25) is 4.98 Å². The van der Waals surface area contributed by atoms with E-state index in [1.807, 2.05) is 19.9 Å². The lowest BCUT2D eigenvalue weighted by atomic mass is 10.1. The number of ether oxygens (including phenoxy) is 1. The molecule has 0 aromatic carbocycles. The monoisotopic (exact) mass is 354 g/mol. The number of pyridine rings is 1. The first-order chi connectivity index (χ1) is 11.0. The van der Waals surface area contributed by atoms with E-state index in [0.29, 0.717) is 11.5 Å². The molecule has 3 N–H and O–H groups in total. The molecule has 1 aliphatic heterocycles. The van der Waals surface area contributed by atoms with Crippen LogP contribution in [0.1, 0.15) is 10.7 Å². The van der Waals surface area contributed by atoms with Gasteiger partial charge in [-0.1, -0.05) is 0 Å². The van der Waals surface area contributed by atoms with Crippen molar-refractivity contribution in [1.82, 2.24) is 9.97 Å². The number of nitrogens with zero attached hydrogens (tertiary/aromatic N) is 2. The predicted octanol–water partition coefficient (Wildman–Crippen LogP) is 1.36. The maximum atomic E-state index is 9.96. The lowest BCUT2D eigenvalue weighted by Crippen LogP contribution is -2.50. The Morgan fingerprint density at radius 2 is 1.96 bits per heavy atom. The van der Waals surface area contributed by atoms with Crippen molar-refractivity contribution >= 4 is 23.1 Å². The van der Waals surface area contributed by atoms with Gasteiger partial charge in [0.2, 0.25) is 0 Å². The van der Waals surface area contributed by atoms with E-state index in [0.717, 1.165) is 21.3 Å². The van der Waals surface area contributed by atoms with E-state index in [1.165, 1.54) is 11.8 Å². The number of thiazole rings is 1. The van der Waals surface area contributed by atoms with Crippen LogP contribution in [0.25, 0.3) is 10.6 Å². The van der Waals surface area contributed by atoms with Crippen molar-refractivity contribution in [3.63, 3.8) is 0 Å². The Kier molecular flexibility index (Phi) is 4.88. The summed E-state index contributed by atoms with van der Waals surface area (Å²) in [6.07, 6.45) is -1.69. The lowest BCUT2D eigenvalue weighted by molar-refractivity contribution is -0.0786. The van der Waals surface area contributed by atoms with Gasteiger partial charge in [0, 0.05) is 5.75 Å². The van der Waals surface area contributed by atoms with Crippen LogP contribution in [0.5, 0.6) is 5.75 Å². The number of aliphatic hydroxyl groups is 3. The molecule has 0 radical (unpaired) electrons. The molecule has 2 aromatic rings. The highest BCUT2D eigenvalue weighted by molar-refractivity contribution is 7.99. The minimum atomic E-state index is -1.20. The molecular formula is C15H18N2O4S2. The summed E-state index contributed by atoms with van der Waals surface area (Å²) in [7, 11) is 0. The Balaban J connectivity index is 1.72. The largest absolute Gasteiger partial charge is 0.475 e. The van der Waals surface area contributed by atoms with E-state index in [9.17, 15) is 15.3 Å². The summed E-state index contributed by atoms with van der Waals surface area (Å²) in [6, 6.07) is 3.63. The number of aliphatic hydroxyl groups excluding tert-OH is 3. The molecule has 0 aliphatic carbocycles. The number of aryl methyl sites for hydroxylation is 2. The van der Waals surface area contributed by atoms with Gasteiger partial charge < -0.3 is 20.1 Å². The Labute approximate surface area is 142 Å². The van der Waals surface area contributed by atoms with Gasteiger partial charge >= 0.3 is 0 Å². The molecule has 0 unspecified atom stereocenters. The van der Waals surface area contributed by atoms with Crippen LogP contribution in [-0.4, -0.2) is 54.8 Å². The van der Waals surface area contributed by atoms with Crippen LogP contribution in [0, 0.1) is 13.8 Å². The molecule has 6 nitrogen and oxygen atoms in total. The number of rotatable bonds is 3. The van der Waals surface area contributed by atoms with Crippen molar-refractivity contribution in [2.24, 2.45) is 0 Å². The van der Waals surface area contributed by atoms with E-state index >= 15 is 0 Å². The Hall–Kier alpha value is -1.19. The molecule has 3 heterocycles. The molecule has 1 fully saturated rings. The quantitative estimate of drug-likeness (QED) is 0.766. The van der Waals surface area contributed by atoms with Crippen LogP contribution in [0.4, 0.5) is 0 Å². The summed E-state index contributed by atoms with van der Waals surface area (Å²) in [5.74, 6) is 0.820. The SMILES string of the molecule is Cc1nc(C)c(-c2ccc(O[C@H]3SC[C@@H](O)[C@H](O)[C@H]3O)cn2)s1. The summed E-state index contributed by atoms with van der Waals surface area (Å²) in [5.41, 5.74) is 1.14. The topological polar surface area (TPSA) is 95.7 Å². The van der Waals surface area contributed by atoms with Gasteiger partial charge in [-0.25, -0.2) is 4.98 Å². The molecule has 0 spiro atoms. The zero-order valence-electron chi connectivity index (χ0n) is 12.7. The number of hydrogen-bond acceptors (Lipinski definition) is 8. The molecule has 23 heavy (non-hydrogen) atoms. The first-order valence-electron chi connectivity index (χ1n) is 7.18. The third kappa shape index (κ3) is 3.51. The summed E-state index contributed by atoms with van der Waals surface area (Å²) in [5, 5.41) is 30.2. The van der Waals surface area contributed by atoms with E-state index in [2.05, 4.69) is 9.97 Å². The van der Waals surface area contributed by atoms with Crippen molar-refractivity contribution in [3.05, 3.63) is 29.0 Å². The van der Waals surface area contributed by atoms with Crippen LogP contribution in [-0.2, 0) is 0 Å². The van der Waals surface area contributed by atoms with Crippen molar-refractivity contribution in [3.8, 4) is 16.3 Å². The van der Waals surface area contributed by atoms with E-state index in [1.54, 1.807) is 23.6 Å². The third-order valence-corrected chi connectivity index (χ3v) is 5.91. The Morgan fingerprint density at radius 1 is 1.17 bits per heavy atom. The summed E-state index contributed by atoms with van der Waals surface area (Å²) >= 11 is 2.86. The minimum Gasteiger partial charge on any atom is -0.475 e. The summed E-state index contributed by atoms with van der Waals surface area (Å²) in [6.45, 7) is 3.91. The van der Waals surface area contributed by atoms with Crippen molar-refractivity contribution < 1.29 is 20.1 Å². The molecule has 4 atom stereocenters. The van der Waals surface area contributed by atoms with Gasteiger partial charge in [0.05, 0.1) is 33.6 Å². The Bertz CT molecular complexity index is 677. The molecule has 8 heteroatoms. The van der Waals surface area contributed by atoms with E-state index in [4.69, 9.17) is 4.74 Å². The highest BCUT2D eigenvalue weighted by Crippen LogP contribution is 2.31. The van der Waals surface area contributed by atoms with Crippen molar-refractivity contribution in [2.45, 2.75) is 37.6 Å². The average molecular weight is 354 g/mol. The lowest BCUT2D eigenvalue weighted by Gasteiger charge is -2.34. The number of hydrogen-bond donors (Lipinski definition) is 3. The highest BCUT2D eigenvalue weighted by Gasteiger charge is 2.38. The highest BCUT2D eigenvalue weighted by atomic mass is 32.2. The van der Waals surface area contributed by atoms with Crippen LogP contribution >= 0.6 is 23.1 Å². The van der Waals surface area contributed by atoms with Crippen LogP contribution in [0.2, 0.25) is 0 Å². The number of aromatic nitrogens is 2. The zero-order valence-corrected chi connectivity index (χ0v) is 14.3. The van der Waals surface area contributed by atoms with E-state index in [-0.39, 0.29) is 0 Å². The molecule has 0 amide bonds. The predicted molar refractivity (Wildman–Crippen MR) is 89.7 cm³/mol. The molecule has 1 aliphatic rings. The number of thioether (sulfide) groups is 1. The second kappa shape index (κ2) is 6.74. The first kappa shape index (κ1) is 16.7. The van der Waals surface area contributed by atoms with Crippen LogP contribution < -0.4 is 4.74 Å². The Morgan fingerprint density at radius 3 is 2.57 bits per heavy atom. The molecule has 0 saturated carbocycles. The maximum absolute atomic E-state index is 9.96. The van der Waals surface area contributed by atoms with E-state index < -0.39 is 23.7 Å². The zero-order chi connectivity index (χ0) is 16.6. The normalized spacial score (nSPS) is 27.9. The third-order valence-electron chi connectivity index (χ3n) is 3.58. The fourth-order valence-corrected chi connectivity index (χ4v) is 4.39. The maximum Gasteiger partial charge on any atom is 0.173 e. The summed E-state index contributed by atoms with van der Waals surface area (Å²) in [4.78, 5) is 9.81. The molecule has 124 valence electrons. The minimum absolute atomic E-state index is 0.313. The second-order valence-electron chi connectivity index (χ2n) is 5.39. The van der Waals surface area contributed by atoms with Gasteiger partial charge in [-0.15, -0.1) is 23.1 Å². The summed E-state index contributed by atoms with van der Waals surface area (Å²) < 4.78 is 5.68. The average Bonchev–Trinajstić information content (AvgIpc) is 2.87. The fraction of sp³-hybridized carbons (Fsp3) is 0.467. The van der Waals surface area contributed by atoms with Crippen molar-refractivity contribution in [1.29, 1.82) is 0 Å². The smallest absolute Gasteiger partial charge is 0.173 e. The van der Waals surface area contributed by atoms with Gasteiger partial charge in [-0.05, 0) is 26.0 Å². The van der Waals surface area contributed by atoms with Gasteiger partial charge in [0.25, 0.3) is 0 Å².